The molecular formula is C22H30N4O2. The minimum Gasteiger partial charge on any atom is -0.493 e. The Hall–Kier alpha value is -2.34. The van der Waals surface area contributed by atoms with Crippen molar-refractivity contribution in [2.45, 2.75) is 52.1 Å². The van der Waals surface area contributed by atoms with Crippen molar-refractivity contribution < 1.29 is 9.53 Å². The second-order valence-corrected chi connectivity index (χ2v) is 8.36. The molecule has 0 saturated carbocycles. The van der Waals surface area contributed by atoms with Gasteiger partial charge < -0.3 is 10.1 Å². The molecule has 0 radical (unpaired) electrons. The number of amides is 1. The van der Waals surface area contributed by atoms with Gasteiger partial charge in [0.15, 0.2) is 0 Å². The first-order chi connectivity index (χ1) is 13.6. The highest BCUT2D eigenvalue weighted by molar-refractivity contribution is 5.89. The van der Waals surface area contributed by atoms with Crippen LogP contribution in [0, 0.1) is 5.92 Å². The van der Waals surface area contributed by atoms with E-state index in [1.165, 1.54) is 11.1 Å². The van der Waals surface area contributed by atoms with Gasteiger partial charge in [-0.05, 0) is 36.0 Å². The highest BCUT2D eigenvalue weighted by Gasteiger charge is 2.24. The first-order valence-corrected chi connectivity index (χ1v) is 10.4. The van der Waals surface area contributed by atoms with E-state index in [9.17, 15) is 4.79 Å². The maximum Gasteiger partial charge on any atom is 0.225 e. The van der Waals surface area contributed by atoms with Gasteiger partial charge in [0.25, 0.3) is 0 Å². The minimum absolute atomic E-state index is 0.0646. The predicted octanol–water partition coefficient (Wildman–Crippen LogP) is 3.64. The van der Waals surface area contributed by atoms with E-state index in [4.69, 9.17) is 4.74 Å². The van der Waals surface area contributed by atoms with Crippen LogP contribution in [0.5, 0.6) is 5.75 Å². The maximum atomic E-state index is 12.1. The van der Waals surface area contributed by atoms with Gasteiger partial charge in [0.1, 0.15) is 11.6 Å². The molecule has 3 heterocycles. The number of fused-ring (bicyclic) bond motifs is 1. The Morgan fingerprint density at radius 2 is 2.11 bits per heavy atom. The number of nitrogens with zero attached hydrogens (tertiary/aromatic N) is 3. The summed E-state index contributed by atoms with van der Waals surface area (Å²) in [7, 11) is 0. The Labute approximate surface area is 166 Å². The Bertz CT molecular complexity index is 822. The van der Waals surface area contributed by atoms with Gasteiger partial charge in [-0.1, -0.05) is 26.0 Å². The number of benzene rings is 1. The van der Waals surface area contributed by atoms with Gasteiger partial charge in [0.05, 0.1) is 18.8 Å². The van der Waals surface area contributed by atoms with Gasteiger partial charge in [-0.25, -0.2) is 4.68 Å². The zero-order valence-electron chi connectivity index (χ0n) is 16.9. The predicted molar refractivity (Wildman–Crippen MR) is 110 cm³/mol. The van der Waals surface area contributed by atoms with Gasteiger partial charge in [-0.15, -0.1) is 0 Å². The van der Waals surface area contributed by atoms with Crippen molar-refractivity contribution in [1.82, 2.24) is 14.7 Å². The lowest BCUT2D eigenvalue weighted by Crippen LogP contribution is -2.35. The number of likely N-dealkylation sites (tertiary alicyclic amines) is 1. The van der Waals surface area contributed by atoms with Crippen LogP contribution < -0.4 is 10.1 Å². The summed E-state index contributed by atoms with van der Waals surface area (Å²) in [6.07, 6.45) is 5.43. The average Bonchev–Trinajstić information content (AvgIpc) is 3.30. The third-order valence-corrected chi connectivity index (χ3v) is 5.59. The molecule has 1 amide bonds. The van der Waals surface area contributed by atoms with Crippen molar-refractivity contribution in [3.63, 3.8) is 0 Å². The number of rotatable bonds is 6. The number of piperidine rings is 1. The third kappa shape index (κ3) is 4.38. The summed E-state index contributed by atoms with van der Waals surface area (Å²) < 4.78 is 7.61. The molecule has 0 unspecified atom stereocenters. The van der Waals surface area contributed by atoms with Gasteiger partial charge in [-0.3, -0.25) is 9.69 Å². The van der Waals surface area contributed by atoms with E-state index < -0.39 is 0 Å². The number of carbonyl (C=O) groups is 1. The van der Waals surface area contributed by atoms with Crippen LogP contribution in [0.2, 0.25) is 0 Å². The lowest BCUT2D eigenvalue weighted by Gasteiger charge is -2.32. The average molecular weight is 383 g/mol. The van der Waals surface area contributed by atoms with Crippen molar-refractivity contribution in [3.05, 3.63) is 41.6 Å². The van der Waals surface area contributed by atoms with Gasteiger partial charge in [0, 0.05) is 38.5 Å². The summed E-state index contributed by atoms with van der Waals surface area (Å²) in [6, 6.07) is 8.84. The first kappa shape index (κ1) is 19.0. The topological polar surface area (TPSA) is 59.4 Å². The van der Waals surface area contributed by atoms with E-state index >= 15 is 0 Å². The van der Waals surface area contributed by atoms with Crippen molar-refractivity contribution in [2.24, 2.45) is 5.92 Å². The van der Waals surface area contributed by atoms with Crippen LogP contribution in [-0.2, 0) is 17.8 Å². The van der Waals surface area contributed by atoms with Crippen molar-refractivity contribution in [3.8, 4) is 5.75 Å². The fraction of sp³-hybridized carbons (Fsp3) is 0.545. The summed E-state index contributed by atoms with van der Waals surface area (Å²) >= 11 is 0. The van der Waals surface area contributed by atoms with E-state index in [0.717, 1.165) is 57.1 Å². The van der Waals surface area contributed by atoms with Gasteiger partial charge in [0.2, 0.25) is 5.91 Å². The van der Waals surface area contributed by atoms with Crippen LogP contribution in [0.1, 0.15) is 50.3 Å². The molecule has 28 heavy (non-hydrogen) atoms. The Morgan fingerprint density at radius 1 is 1.29 bits per heavy atom. The number of ether oxygens (including phenoxy) is 1. The van der Waals surface area contributed by atoms with E-state index in [0.29, 0.717) is 18.4 Å². The van der Waals surface area contributed by atoms with Gasteiger partial charge >= 0.3 is 0 Å². The summed E-state index contributed by atoms with van der Waals surface area (Å²) in [4.78, 5) is 14.6. The van der Waals surface area contributed by atoms with Crippen molar-refractivity contribution >= 4 is 11.7 Å². The van der Waals surface area contributed by atoms with Crippen molar-refractivity contribution in [2.75, 3.05) is 25.0 Å². The van der Waals surface area contributed by atoms with Crippen LogP contribution >= 0.6 is 0 Å². The molecule has 2 aliphatic rings. The number of hydrogen-bond donors (Lipinski definition) is 1. The molecular weight excluding hydrogens is 352 g/mol. The minimum atomic E-state index is 0.0646. The van der Waals surface area contributed by atoms with E-state index in [-0.39, 0.29) is 5.91 Å². The van der Waals surface area contributed by atoms with E-state index in [1.54, 1.807) is 6.20 Å². The van der Waals surface area contributed by atoms with Crippen molar-refractivity contribution in [1.29, 1.82) is 0 Å². The number of hydrogen-bond acceptors (Lipinski definition) is 4. The number of anilines is 1. The fourth-order valence-electron chi connectivity index (χ4n) is 4.19. The lowest BCUT2D eigenvalue weighted by molar-refractivity contribution is -0.116. The molecule has 2 aliphatic heterocycles. The van der Waals surface area contributed by atoms with Crippen LogP contribution in [0.3, 0.4) is 0 Å². The Balaban J connectivity index is 1.32. The molecule has 150 valence electrons. The summed E-state index contributed by atoms with van der Waals surface area (Å²) in [6.45, 7) is 7.98. The van der Waals surface area contributed by atoms with Crippen LogP contribution in [0.15, 0.2) is 30.5 Å². The quantitative estimate of drug-likeness (QED) is 0.829. The third-order valence-electron chi connectivity index (χ3n) is 5.59. The molecule has 1 aromatic carbocycles. The molecule has 0 spiro atoms. The zero-order chi connectivity index (χ0) is 19.5. The molecule has 2 aromatic rings. The molecule has 1 saturated heterocycles. The first-order valence-electron chi connectivity index (χ1n) is 10.4. The normalized spacial score (nSPS) is 17.5. The standard InChI is InChI=1S/C22H30N4O2/c1-16(2)13-22(27)24-21-5-9-23-26(21)19-6-10-25(11-7-19)15-17-3-4-20-18(14-17)8-12-28-20/h3-5,9,14,16,19H,6-8,10-13,15H2,1-2H3,(H,24,27). The fourth-order valence-corrected chi connectivity index (χ4v) is 4.19. The molecule has 6 nitrogen and oxygen atoms in total. The molecule has 0 bridgehead atoms. The summed E-state index contributed by atoms with van der Waals surface area (Å²) in [5.74, 6) is 2.29. The van der Waals surface area contributed by atoms with Crippen LogP contribution in [0.25, 0.3) is 0 Å². The SMILES string of the molecule is CC(C)CC(=O)Nc1ccnn1C1CCN(Cc2ccc3c(c2)CCO3)CC1. The monoisotopic (exact) mass is 382 g/mol. The number of aromatic nitrogens is 2. The smallest absolute Gasteiger partial charge is 0.225 e. The molecule has 1 aromatic heterocycles. The molecule has 0 atom stereocenters. The second kappa shape index (κ2) is 8.35. The lowest BCUT2D eigenvalue weighted by atomic mass is 10.0. The highest BCUT2D eigenvalue weighted by Crippen LogP contribution is 2.29. The largest absolute Gasteiger partial charge is 0.493 e. The van der Waals surface area contributed by atoms with Gasteiger partial charge in [-0.2, -0.15) is 5.10 Å². The molecule has 6 heteroatoms. The Kier molecular flexibility index (Phi) is 5.67. The molecule has 4 rings (SSSR count). The zero-order valence-corrected chi connectivity index (χ0v) is 16.9. The number of carbonyl (C=O) groups excluding carboxylic acids is 1. The van der Waals surface area contributed by atoms with Crippen LogP contribution in [0.4, 0.5) is 5.82 Å². The van der Waals surface area contributed by atoms with E-state index in [1.807, 2.05) is 10.7 Å². The van der Waals surface area contributed by atoms with Crippen LogP contribution in [-0.4, -0.2) is 40.3 Å². The molecule has 1 fully saturated rings. The van der Waals surface area contributed by atoms with E-state index in [2.05, 4.69) is 47.4 Å². The molecule has 0 aliphatic carbocycles. The summed E-state index contributed by atoms with van der Waals surface area (Å²) in [5, 5.41) is 7.52. The highest BCUT2D eigenvalue weighted by atomic mass is 16.5. The Morgan fingerprint density at radius 3 is 2.89 bits per heavy atom. The summed E-state index contributed by atoms with van der Waals surface area (Å²) in [5.41, 5.74) is 2.70. The molecule has 1 N–H and O–H groups in total. The second-order valence-electron chi connectivity index (χ2n) is 8.36. The maximum absolute atomic E-state index is 12.1. The number of nitrogens with one attached hydrogen (secondary N) is 1.